The summed E-state index contributed by atoms with van der Waals surface area (Å²) < 4.78 is 46.8. The van der Waals surface area contributed by atoms with Crippen molar-refractivity contribution < 1.29 is 22.6 Å². The van der Waals surface area contributed by atoms with Gasteiger partial charge in [0.25, 0.3) is 0 Å². The minimum atomic E-state index is -4.35. The number of rotatable bonds is 8. The van der Waals surface area contributed by atoms with Crippen LogP contribution in [0.2, 0.25) is 5.02 Å². The molecule has 3 aromatic rings. The summed E-state index contributed by atoms with van der Waals surface area (Å²) in [5, 5.41) is 4.89. The van der Waals surface area contributed by atoms with Crippen molar-refractivity contribution >= 4 is 22.5 Å². The van der Waals surface area contributed by atoms with Gasteiger partial charge in [0.1, 0.15) is 11.5 Å². The smallest absolute Gasteiger partial charge is 0.422 e. The Labute approximate surface area is 165 Å². The maximum atomic E-state index is 12.3. The summed E-state index contributed by atoms with van der Waals surface area (Å²) in [6, 6.07) is 10.4. The molecule has 0 fully saturated rings. The molecule has 150 valence electrons. The second-order valence-corrected chi connectivity index (χ2v) is 6.73. The molecule has 0 saturated carbocycles. The number of alkyl halides is 3. The van der Waals surface area contributed by atoms with Gasteiger partial charge in [-0.1, -0.05) is 23.7 Å². The summed E-state index contributed by atoms with van der Waals surface area (Å²) in [6.07, 6.45) is -1.64. The van der Waals surface area contributed by atoms with Crippen LogP contribution in [0, 0.1) is 0 Å². The number of methoxy groups -OCH3 is 1. The average Bonchev–Trinajstić information content (AvgIpc) is 3.04. The van der Waals surface area contributed by atoms with E-state index in [4.69, 9.17) is 21.1 Å². The van der Waals surface area contributed by atoms with Gasteiger partial charge in [-0.2, -0.15) is 13.2 Å². The van der Waals surface area contributed by atoms with Gasteiger partial charge in [0, 0.05) is 23.6 Å². The number of fused-ring (bicyclic) bond motifs is 1. The second kappa shape index (κ2) is 8.75. The van der Waals surface area contributed by atoms with Crippen LogP contribution in [0.4, 0.5) is 13.2 Å². The van der Waals surface area contributed by atoms with E-state index in [9.17, 15) is 13.2 Å². The number of hydrogen-bond acceptors (Lipinski definition) is 3. The summed E-state index contributed by atoms with van der Waals surface area (Å²) in [5.41, 5.74) is 2.92. The molecule has 0 unspecified atom stereocenters. The fraction of sp³-hybridized carbons (Fsp3) is 0.300. The zero-order chi connectivity index (χ0) is 20.1. The number of aromatic amines is 1. The van der Waals surface area contributed by atoms with Crippen LogP contribution >= 0.6 is 11.6 Å². The van der Waals surface area contributed by atoms with Gasteiger partial charge in [-0.15, -0.1) is 0 Å². The van der Waals surface area contributed by atoms with E-state index in [1.807, 2.05) is 24.4 Å². The van der Waals surface area contributed by atoms with Crippen molar-refractivity contribution in [3.8, 4) is 11.5 Å². The molecule has 0 atom stereocenters. The summed E-state index contributed by atoms with van der Waals surface area (Å²) in [7, 11) is 1.58. The lowest BCUT2D eigenvalue weighted by Gasteiger charge is -2.10. The molecule has 2 N–H and O–H groups in total. The van der Waals surface area contributed by atoms with Crippen LogP contribution in [0.5, 0.6) is 11.5 Å². The zero-order valence-electron chi connectivity index (χ0n) is 15.2. The lowest BCUT2D eigenvalue weighted by atomic mass is 10.1. The van der Waals surface area contributed by atoms with Gasteiger partial charge in [0.15, 0.2) is 6.61 Å². The molecule has 1 heterocycles. The standard InChI is InChI=1S/C20H20ClF3N2O2/c1-27-19-8-16-14(11-26-18(16)9-17(19)21)5-6-25-10-13-3-2-4-15(7-13)28-12-20(22,23)24/h2-4,7-9,11,25-26H,5-6,10,12H2,1H3. The topological polar surface area (TPSA) is 46.3 Å². The third-order valence-corrected chi connectivity index (χ3v) is 4.54. The van der Waals surface area contributed by atoms with E-state index in [1.54, 1.807) is 19.2 Å². The molecule has 8 heteroatoms. The first-order chi connectivity index (χ1) is 13.4. The van der Waals surface area contributed by atoms with E-state index in [-0.39, 0.29) is 5.75 Å². The third-order valence-electron chi connectivity index (χ3n) is 4.24. The second-order valence-electron chi connectivity index (χ2n) is 6.32. The molecular weight excluding hydrogens is 393 g/mol. The number of hydrogen-bond donors (Lipinski definition) is 2. The van der Waals surface area contributed by atoms with Crippen LogP contribution in [0.3, 0.4) is 0 Å². The molecule has 0 aliphatic heterocycles. The summed E-state index contributed by atoms with van der Waals surface area (Å²) in [4.78, 5) is 3.20. The minimum absolute atomic E-state index is 0.206. The van der Waals surface area contributed by atoms with Crippen molar-refractivity contribution in [2.45, 2.75) is 19.1 Å². The van der Waals surface area contributed by atoms with E-state index in [0.717, 1.165) is 28.5 Å². The first-order valence-electron chi connectivity index (χ1n) is 8.68. The normalized spacial score (nSPS) is 11.8. The Balaban J connectivity index is 1.54. The van der Waals surface area contributed by atoms with Crippen LogP contribution in [0.15, 0.2) is 42.6 Å². The molecule has 3 rings (SSSR count). The molecule has 0 spiro atoms. The van der Waals surface area contributed by atoms with Crippen molar-refractivity contribution in [3.05, 3.63) is 58.7 Å². The lowest BCUT2D eigenvalue weighted by Crippen LogP contribution is -2.19. The van der Waals surface area contributed by atoms with Crippen LogP contribution < -0.4 is 14.8 Å². The van der Waals surface area contributed by atoms with Gasteiger partial charge in [0.05, 0.1) is 12.1 Å². The molecule has 0 radical (unpaired) electrons. The highest BCUT2D eigenvalue weighted by Gasteiger charge is 2.28. The van der Waals surface area contributed by atoms with E-state index in [2.05, 4.69) is 10.3 Å². The maximum Gasteiger partial charge on any atom is 0.422 e. The Bertz CT molecular complexity index is 941. The average molecular weight is 413 g/mol. The molecular formula is C20H20ClF3N2O2. The molecule has 1 aromatic heterocycles. The van der Waals surface area contributed by atoms with Crippen molar-refractivity contribution in [1.29, 1.82) is 0 Å². The number of nitrogens with one attached hydrogen (secondary N) is 2. The molecule has 4 nitrogen and oxygen atoms in total. The van der Waals surface area contributed by atoms with Crippen LogP contribution in [0.25, 0.3) is 10.9 Å². The van der Waals surface area contributed by atoms with Gasteiger partial charge in [-0.05, 0) is 48.4 Å². The molecule has 28 heavy (non-hydrogen) atoms. The van der Waals surface area contributed by atoms with Crippen LogP contribution in [-0.4, -0.2) is 31.4 Å². The highest BCUT2D eigenvalue weighted by Crippen LogP contribution is 2.31. The Morgan fingerprint density at radius 2 is 2.00 bits per heavy atom. The van der Waals surface area contributed by atoms with Gasteiger partial charge >= 0.3 is 6.18 Å². The van der Waals surface area contributed by atoms with E-state index in [1.165, 1.54) is 6.07 Å². The Kier molecular flexibility index (Phi) is 6.36. The molecule has 0 saturated heterocycles. The van der Waals surface area contributed by atoms with E-state index >= 15 is 0 Å². The molecule has 0 bridgehead atoms. The van der Waals surface area contributed by atoms with Crippen molar-refractivity contribution in [2.24, 2.45) is 0 Å². The van der Waals surface area contributed by atoms with Crippen molar-refractivity contribution in [1.82, 2.24) is 10.3 Å². The summed E-state index contributed by atoms with van der Waals surface area (Å²) in [5.74, 6) is 0.830. The number of halogens is 4. The zero-order valence-corrected chi connectivity index (χ0v) is 16.0. The van der Waals surface area contributed by atoms with Gasteiger partial charge in [-0.25, -0.2) is 0 Å². The van der Waals surface area contributed by atoms with Crippen molar-refractivity contribution in [3.63, 3.8) is 0 Å². The molecule has 2 aromatic carbocycles. The number of ether oxygens (including phenoxy) is 2. The summed E-state index contributed by atoms with van der Waals surface area (Å²) >= 11 is 6.14. The predicted octanol–water partition coefficient (Wildman–Crippen LogP) is 5.10. The Hall–Kier alpha value is -2.38. The SMILES string of the molecule is COc1cc2c(CCNCc3cccc(OCC(F)(F)F)c3)c[nH]c2cc1Cl. The fourth-order valence-corrected chi connectivity index (χ4v) is 3.15. The first kappa shape index (κ1) is 20.4. The molecule has 0 aliphatic rings. The van der Waals surface area contributed by atoms with Gasteiger partial charge < -0.3 is 19.8 Å². The van der Waals surface area contributed by atoms with Gasteiger partial charge in [-0.3, -0.25) is 0 Å². The minimum Gasteiger partial charge on any atom is -0.495 e. The fourth-order valence-electron chi connectivity index (χ4n) is 2.91. The number of benzene rings is 2. The van der Waals surface area contributed by atoms with E-state index < -0.39 is 12.8 Å². The first-order valence-corrected chi connectivity index (χ1v) is 9.06. The number of H-pyrrole nitrogens is 1. The maximum absolute atomic E-state index is 12.3. The third kappa shape index (κ3) is 5.33. The Morgan fingerprint density at radius 1 is 1.18 bits per heavy atom. The molecule has 0 aliphatic carbocycles. The lowest BCUT2D eigenvalue weighted by molar-refractivity contribution is -0.153. The highest BCUT2D eigenvalue weighted by molar-refractivity contribution is 6.32. The predicted molar refractivity (Wildman–Crippen MR) is 103 cm³/mol. The number of aromatic nitrogens is 1. The summed E-state index contributed by atoms with van der Waals surface area (Å²) in [6.45, 7) is -0.0653. The van der Waals surface area contributed by atoms with E-state index in [0.29, 0.717) is 23.9 Å². The van der Waals surface area contributed by atoms with Crippen LogP contribution in [-0.2, 0) is 13.0 Å². The monoisotopic (exact) mass is 412 g/mol. The van der Waals surface area contributed by atoms with Gasteiger partial charge in [0.2, 0.25) is 0 Å². The van der Waals surface area contributed by atoms with Crippen molar-refractivity contribution in [2.75, 3.05) is 20.3 Å². The largest absolute Gasteiger partial charge is 0.495 e. The Morgan fingerprint density at radius 3 is 2.75 bits per heavy atom. The van der Waals surface area contributed by atoms with Crippen LogP contribution in [0.1, 0.15) is 11.1 Å². The molecule has 0 amide bonds. The quantitative estimate of drug-likeness (QED) is 0.506. The highest BCUT2D eigenvalue weighted by atomic mass is 35.5.